The Hall–Kier alpha value is -2.40. The van der Waals surface area contributed by atoms with Crippen LogP contribution in [-0.2, 0) is 16.8 Å². The molecule has 0 heterocycles. The van der Waals surface area contributed by atoms with E-state index in [1.165, 1.54) is 13.2 Å². The first kappa shape index (κ1) is 17.9. The summed E-state index contributed by atoms with van der Waals surface area (Å²) in [4.78, 5) is 12.0. The fourth-order valence-electron chi connectivity index (χ4n) is 2.48. The summed E-state index contributed by atoms with van der Waals surface area (Å²) in [5.74, 6) is -0.465. The molecule has 2 N–H and O–H groups in total. The largest absolute Gasteiger partial charge is 0.494 e. The number of rotatable bonds is 7. The van der Waals surface area contributed by atoms with Gasteiger partial charge >= 0.3 is 0 Å². The Labute approximate surface area is 141 Å². The molecular formula is C19H22FNO3. The van der Waals surface area contributed by atoms with Gasteiger partial charge in [-0.3, -0.25) is 4.79 Å². The van der Waals surface area contributed by atoms with E-state index in [-0.39, 0.29) is 18.1 Å². The number of carbonyl (C=O) groups excluding carboxylic acids is 1. The van der Waals surface area contributed by atoms with E-state index >= 15 is 0 Å². The van der Waals surface area contributed by atoms with Crippen molar-refractivity contribution in [2.75, 3.05) is 13.7 Å². The highest BCUT2D eigenvalue weighted by molar-refractivity contribution is 5.77. The van der Waals surface area contributed by atoms with Crippen molar-refractivity contribution in [3.63, 3.8) is 0 Å². The molecule has 1 amide bonds. The Morgan fingerprint density at radius 1 is 1.25 bits per heavy atom. The fraction of sp³-hybridized carbons (Fsp3) is 0.316. The Bertz CT molecular complexity index is 686. The molecule has 1 unspecified atom stereocenters. The number of ether oxygens (including phenoxy) is 1. The Balaban J connectivity index is 1.85. The molecule has 5 heteroatoms. The van der Waals surface area contributed by atoms with Gasteiger partial charge in [0.25, 0.3) is 0 Å². The number of nitrogens with one attached hydrogen (secondary N) is 1. The van der Waals surface area contributed by atoms with E-state index in [0.717, 1.165) is 5.56 Å². The maximum Gasteiger partial charge on any atom is 0.223 e. The summed E-state index contributed by atoms with van der Waals surface area (Å²) in [5.41, 5.74) is 0.344. The number of hydrogen-bond donors (Lipinski definition) is 2. The van der Waals surface area contributed by atoms with E-state index in [1.54, 1.807) is 31.2 Å². The molecule has 0 saturated carbocycles. The second-order valence-corrected chi connectivity index (χ2v) is 5.89. The number of methoxy groups -OCH3 is 1. The van der Waals surface area contributed by atoms with Crippen LogP contribution in [0, 0.1) is 5.82 Å². The molecule has 0 fully saturated rings. The average Bonchev–Trinajstić information content (AvgIpc) is 2.56. The van der Waals surface area contributed by atoms with Crippen molar-refractivity contribution < 1.29 is 19.0 Å². The zero-order valence-electron chi connectivity index (χ0n) is 13.9. The van der Waals surface area contributed by atoms with Gasteiger partial charge in [0.1, 0.15) is 0 Å². The van der Waals surface area contributed by atoms with Crippen LogP contribution in [0.15, 0.2) is 48.5 Å². The topological polar surface area (TPSA) is 58.6 Å². The number of carbonyl (C=O) groups is 1. The molecule has 0 radical (unpaired) electrons. The van der Waals surface area contributed by atoms with Crippen LogP contribution >= 0.6 is 0 Å². The first-order chi connectivity index (χ1) is 11.4. The third kappa shape index (κ3) is 4.80. The summed E-state index contributed by atoms with van der Waals surface area (Å²) in [5, 5.41) is 13.2. The number of halogens is 1. The Morgan fingerprint density at radius 2 is 1.96 bits per heavy atom. The van der Waals surface area contributed by atoms with E-state index in [4.69, 9.17) is 4.74 Å². The predicted molar refractivity (Wildman–Crippen MR) is 90.3 cm³/mol. The first-order valence-corrected chi connectivity index (χ1v) is 7.79. The van der Waals surface area contributed by atoms with Crippen LogP contribution in [0.1, 0.15) is 24.5 Å². The molecule has 0 aliphatic carbocycles. The number of hydrogen-bond acceptors (Lipinski definition) is 3. The van der Waals surface area contributed by atoms with Crippen molar-refractivity contribution in [2.24, 2.45) is 0 Å². The molecule has 0 bridgehead atoms. The minimum atomic E-state index is -1.22. The van der Waals surface area contributed by atoms with Crippen LogP contribution in [0.5, 0.6) is 5.75 Å². The van der Waals surface area contributed by atoms with Crippen LogP contribution in [0.3, 0.4) is 0 Å². The van der Waals surface area contributed by atoms with Crippen LogP contribution < -0.4 is 10.1 Å². The minimum Gasteiger partial charge on any atom is -0.494 e. The Morgan fingerprint density at radius 3 is 2.62 bits per heavy atom. The molecule has 0 saturated heterocycles. The SMILES string of the molecule is COc1cc(CCNC(=O)CC(C)(O)c2ccccc2)ccc1F. The van der Waals surface area contributed by atoms with Crippen LogP contribution in [0.25, 0.3) is 0 Å². The smallest absolute Gasteiger partial charge is 0.223 e. The zero-order chi connectivity index (χ0) is 17.6. The van der Waals surface area contributed by atoms with E-state index in [2.05, 4.69) is 5.32 Å². The lowest BCUT2D eigenvalue weighted by molar-refractivity contribution is -0.125. The molecule has 24 heavy (non-hydrogen) atoms. The number of aliphatic hydroxyl groups is 1. The second kappa shape index (κ2) is 7.93. The molecule has 2 aromatic rings. The van der Waals surface area contributed by atoms with Crippen molar-refractivity contribution in [2.45, 2.75) is 25.4 Å². The van der Waals surface area contributed by atoms with Crippen molar-refractivity contribution in [1.82, 2.24) is 5.32 Å². The second-order valence-electron chi connectivity index (χ2n) is 5.89. The molecule has 1 atom stereocenters. The summed E-state index contributed by atoms with van der Waals surface area (Å²) in [6.45, 7) is 2.02. The average molecular weight is 331 g/mol. The highest BCUT2D eigenvalue weighted by Crippen LogP contribution is 2.24. The molecule has 0 aliphatic rings. The summed E-state index contributed by atoms with van der Waals surface area (Å²) < 4.78 is 18.3. The summed E-state index contributed by atoms with van der Waals surface area (Å²) in [6.07, 6.45) is 0.527. The van der Waals surface area contributed by atoms with Crippen molar-refractivity contribution in [3.05, 3.63) is 65.5 Å². The van der Waals surface area contributed by atoms with Crippen molar-refractivity contribution in [3.8, 4) is 5.75 Å². The van der Waals surface area contributed by atoms with E-state index in [1.807, 2.05) is 18.2 Å². The van der Waals surface area contributed by atoms with Gasteiger partial charge in [0.05, 0.1) is 19.1 Å². The van der Waals surface area contributed by atoms with Crippen LogP contribution in [-0.4, -0.2) is 24.7 Å². The maximum absolute atomic E-state index is 13.3. The molecule has 128 valence electrons. The van der Waals surface area contributed by atoms with Gasteiger partial charge < -0.3 is 15.2 Å². The first-order valence-electron chi connectivity index (χ1n) is 7.79. The van der Waals surface area contributed by atoms with Gasteiger partial charge in [-0.05, 0) is 36.6 Å². The molecule has 0 aliphatic heterocycles. The van der Waals surface area contributed by atoms with E-state index < -0.39 is 11.4 Å². The third-order valence-corrected chi connectivity index (χ3v) is 3.85. The van der Waals surface area contributed by atoms with Crippen molar-refractivity contribution >= 4 is 5.91 Å². The van der Waals surface area contributed by atoms with Gasteiger partial charge in [-0.15, -0.1) is 0 Å². The number of amides is 1. The normalized spacial score (nSPS) is 13.2. The van der Waals surface area contributed by atoms with E-state index in [9.17, 15) is 14.3 Å². The Kier molecular flexibility index (Phi) is 5.93. The van der Waals surface area contributed by atoms with E-state index in [0.29, 0.717) is 18.5 Å². The van der Waals surface area contributed by atoms with Gasteiger partial charge in [-0.2, -0.15) is 0 Å². The standard InChI is InChI=1S/C19H22FNO3/c1-19(23,15-6-4-3-5-7-15)13-18(22)21-11-10-14-8-9-16(20)17(12-14)24-2/h3-9,12,23H,10-11,13H2,1-2H3,(H,21,22). The molecule has 0 aromatic heterocycles. The molecule has 2 aromatic carbocycles. The quantitative estimate of drug-likeness (QED) is 0.820. The molecular weight excluding hydrogens is 309 g/mol. The van der Waals surface area contributed by atoms with Gasteiger partial charge in [-0.25, -0.2) is 4.39 Å². The molecule has 2 rings (SSSR count). The lowest BCUT2D eigenvalue weighted by Crippen LogP contribution is -2.33. The lowest BCUT2D eigenvalue weighted by atomic mass is 9.92. The predicted octanol–water partition coefficient (Wildman–Crippen LogP) is 2.79. The van der Waals surface area contributed by atoms with Gasteiger partial charge in [0, 0.05) is 6.54 Å². The lowest BCUT2D eigenvalue weighted by Gasteiger charge is -2.23. The summed E-state index contributed by atoms with van der Waals surface area (Å²) >= 11 is 0. The third-order valence-electron chi connectivity index (χ3n) is 3.85. The number of benzene rings is 2. The van der Waals surface area contributed by atoms with Crippen LogP contribution in [0.4, 0.5) is 4.39 Å². The molecule has 4 nitrogen and oxygen atoms in total. The monoisotopic (exact) mass is 331 g/mol. The molecule has 0 spiro atoms. The van der Waals surface area contributed by atoms with Gasteiger partial charge in [0.2, 0.25) is 5.91 Å². The fourth-order valence-corrected chi connectivity index (χ4v) is 2.48. The highest BCUT2D eigenvalue weighted by atomic mass is 19.1. The van der Waals surface area contributed by atoms with Gasteiger partial charge in [0.15, 0.2) is 11.6 Å². The minimum absolute atomic E-state index is 0.0241. The van der Waals surface area contributed by atoms with Gasteiger partial charge in [-0.1, -0.05) is 36.4 Å². The summed E-state index contributed by atoms with van der Waals surface area (Å²) in [7, 11) is 1.41. The maximum atomic E-state index is 13.3. The summed E-state index contributed by atoms with van der Waals surface area (Å²) in [6, 6.07) is 13.7. The van der Waals surface area contributed by atoms with Crippen molar-refractivity contribution in [1.29, 1.82) is 0 Å². The zero-order valence-corrected chi connectivity index (χ0v) is 13.9. The highest BCUT2D eigenvalue weighted by Gasteiger charge is 2.26. The van der Waals surface area contributed by atoms with Crippen LogP contribution in [0.2, 0.25) is 0 Å².